The molecular weight excluding hydrogens is 284 g/mol. The fraction of sp³-hybridized carbons (Fsp3) is 0.350. The molecule has 2 aromatic carbocycles. The van der Waals surface area contributed by atoms with Gasteiger partial charge < -0.3 is 5.32 Å². The Morgan fingerprint density at radius 2 is 1.83 bits per heavy atom. The van der Waals surface area contributed by atoms with Crippen LogP contribution in [0.25, 0.3) is 0 Å². The van der Waals surface area contributed by atoms with Crippen LogP contribution in [0.15, 0.2) is 48.5 Å². The van der Waals surface area contributed by atoms with E-state index in [-0.39, 0.29) is 5.91 Å². The third-order valence-corrected chi connectivity index (χ3v) is 4.54. The molecule has 0 radical (unpaired) electrons. The summed E-state index contributed by atoms with van der Waals surface area (Å²) in [5.74, 6) is 0.102. The smallest absolute Gasteiger partial charge is 0.225 e. The van der Waals surface area contributed by atoms with Crippen LogP contribution in [0.2, 0.25) is 0 Å². The average Bonchev–Trinajstić information content (AvgIpc) is 2.60. The van der Waals surface area contributed by atoms with Crippen molar-refractivity contribution in [2.75, 3.05) is 18.4 Å². The second kappa shape index (κ2) is 7.42. The van der Waals surface area contributed by atoms with Crippen molar-refractivity contribution in [3.05, 3.63) is 65.2 Å². The predicted octanol–water partition coefficient (Wildman–Crippen LogP) is 3.64. The van der Waals surface area contributed by atoms with Gasteiger partial charge in [0.2, 0.25) is 5.91 Å². The molecule has 0 unspecified atom stereocenters. The maximum absolute atomic E-state index is 12.2. The SMILES string of the molecule is CCc1ccccc1NC(=O)CCN1CCc2ccccc2C1. The van der Waals surface area contributed by atoms with Crippen molar-refractivity contribution in [2.24, 2.45) is 0 Å². The Kier molecular flexibility index (Phi) is 5.09. The van der Waals surface area contributed by atoms with E-state index >= 15 is 0 Å². The van der Waals surface area contributed by atoms with Gasteiger partial charge in [-0.15, -0.1) is 0 Å². The number of carbonyl (C=O) groups is 1. The number of amides is 1. The summed E-state index contributed by atoms with van der Waals surface area (Å²) < 4.78 is 0. The van der Waals surface area contributed by atoms with E-state index in [1.807, 2.05) is 18.2 Å². The number of carbonyl (C=O) groups excluding carboxylic acids is 1. The van der Waals surface area contributed by atoms with E-state index in [0.29, 0.717) is 6.42 Å². The molecule has 23 heavy (non-hydrogen) atoms. The fourth-order valence-electron chi connectivity index (χ4n) is 3.17. The van der Waals surface area contributed by atoms with E-state index in [4.69, 9.17) is 0 Å². The van der Waals surface area contributed by atoms with Gasteiger partial charge in [-0.3, -0.25) is 9.69 Å². The summed E-state index contributed by atoms with van der Waals surface area (Å²) in [5, 5.41) is 3.05. The number of hydrogen-bond acceptors (Lipinski definition) is 2. The van der Waals surface area contributed by atoms with Crippen molar-refractivity contribution < 1.29 is 4.79 Å². The number of hydrogen-bond donors (Lipinski definition) is 1. The van der Waals surface area contributed by atoms with Crippen molar-refractivity contribution in [2.45, 2.75) is 32.7 Å². The van der Waals surface area contributed by atoms with Crippen LogP contribution in [-0.4, -0.2) is 23.9 Å². The van der Waals surface area contributed by atoms with Gasteiger partial charge in [0.05, 0.1) is 0 Å². The first-order valence-corrected chi connectivity index (χ1v) is 8.43. The van der Waals surface area contributed by atoms with Crippen molar-refractivity contribution >= 4 is 11.6 Å². The van der Waals surface area contributed by atoms with Crippen LogP contribution in [0.3, 0.4) is 0 Å². The summed E-state index contributed by atoms with van der Waals surface area (Å²) in [6, 6.07) is 16.6. The first kappa shape index (κ1) is 15.8. The van der Waals surface area contributed by atoms with Crippen molar-refractivity contribution in [1.82, 2.24) is 4.90 Å². The monoisotopic (exact) mass is 308 g/mol. The van der Waals surface area contributed by atoms with Gasteiger partial charge in [-0.25, -0.2) is 0 Å². The number of nitrogens with one attached hydrogen (secondary N) is 1. The Balaban J connectivity index is 1.52. The van der Waals surface area contributed by atoms with E-state index in [9.17, 15) is 4.79 Å². The summed E-state index contributed by atoms with van der Waals surface area (Å²) in [5.41, 5.74) is 4.98. The van der Waals surface area contributed by atoms with Gasteiger partial charge in [0.25, 0.3) is 0 Å². The van der Waals surface area contributed by atoms with Gasteiger partial charge >= 0.3 is 0 Å². The standard InChI is InChI=1S/C20H24N2O/c1-2-16-7-5-6-10-19(16)21-20(23)12-14-22-13-11-17-8-3-4-9-18(17)15-22/h3-10H,2,11-15H2,1H3,(H,21,23). The topological polar surface area (TPSA) is 32.3 Å². The quantitative estimate of drug-likeness (QED) is 0.914. The Morgan fingerprint density at radius 1 is 1.09 bits per heavy atom. The number of anilines is 1. The van der Waals surface area contributed by atoms with Crippen LogP contribution in [0.4, 0.5) is 5.69 Å². The van der Waals surface area contributed by atoms with Crippen molar-refractivity contribution in [3.63, 3.8) is 0 Å². The Morgan fingerprint density at radius 3 is 2.65 bits per heavy atom. The first-order chi connectivity index (χ1) is 11.3. The fourth-order valence-corrected chi connectivity index (χ4v) is 3.17. The molecule has 0 aliphatic carbocycles. The summed E-state index contributed by atoms with van der Waals surface area (Å²) >= 11 is 0. The van der Waals surface area contributed by atoms with Gasteiger partial charge in [-0.2, -0.15) is 0 Å². The molecule has 3 heteroatoms. The highest BCUT2D eigenvalue weighted by molar-refractivity contribution is 5.91. The van der Waals surface area contributed by atoms with Gasteiger partial charge in [-0.05, 0) is 35.6 Å². The number of rotatable bonds is 5. The van der Waals surface area contributed by atoms with E-state index in [1.54, 1.807) is 0 Å². The molecule has 0 saturated heterocycles. The zero-order valence-corrected chi connectivity index (χ0v) is 13.7. The summed E-state index contributed by atoms with van der Waals surface area (Å²) in [7, 11) is 0. The van der Waals surface area contributed by atoms with E-state index in [2.05, 4.69) is 47.5 Å². The molecule has 0 saturated carbocycles. The molecule has 0 spiro atoms. The summed E-state index contributed by atoms with van der Waals surface area (Å²) in [6.45, 7) is 4.91. The zero-order valence-electron chi connectivity index (χ0n) is 13.7. The number of para-hydroxylation sites is 1. The van der Waals surface area contributed by atoms with Crippen LogP contribution in [-0.2, 0) is 24.2 Å². The Labute approximate surface area is 138 Å². The second-order valence-corrected chi connectivity index (χ2v) is 6.10. The highest BCUT2D eigenvalue weighted by Crippen LogP contribution is 2.19. The average molecular weight is 308 g/mol. The van der Waals surface area contributed by atoms with Crippen LogP contribution in [0.1, 0.15) is 30.0 Å². The van der Waals surface area contributed by atoms with Crippen LogP contribution in [0, 0.1) is 0 Å². The van der Waals surface area contributed by atoms with E-state index in [0.717, 1.165) is 38.2 Å². The van der Waals surface area contributed by atoms with Crippen molar-refractivity contribution in [3.8, 4) is 0 Å². The lowest BCUT2D eigenvalue weighted by Crippen LogP contribution is -2.33. The third kappa shape index (κ3) is 3.99. The summed E-state index contributed by atoms with van der Waals surface area (Å²) in [4.78, 5) is 14.6. The van der Waals surface area contributed by atoms with Crippen LogP contribution in [0.5, 0.6) is 0 Å². The molecule has 3 rings (SSSR count). The number of fused-ring (bicyclic) bond motifs is 1. The number of aryl methyl sites for hydroxylation is 1. The molecule has 1 amide bonds. The highest BCUT2D eigenvalue weighted by atomic mass is 16.1. The third-order valence-electron chi connectivity index (χ3n) is 4.54. The lowest BCUT2D eigenvalue weighted by Gasteiger charge is -2.28. The highest BCUT2D eigenvalue weighted by Gasteiger charge is 2.16. The molecule has 2 aromatic rings. The molecule has 0 fully saturated rings. The molecule has 120 valence electrons. The lowest BCUT2D eigenvalue weighted by molar-refractivity contribution is -0.116. The first-order valence-electron chi connectivity index (χ1n) is 8.43. The van der Waals surface area contributed by atoms with Crippen LogP contribution >= 0.6 is 0 Å². The minimum absolute atomic E-state index is 0.102. The summed E-state index contributed by atoms with van der Waals surface area (Å²) in [6.07, 6.45) is 2.55. The lowest BCUT2D eigenvalue weighted by atomic mass is 10.00. The largest absolute Gasteiger partial charge is 0.326 e. The molecule has 0 bridgehead atoms. The molecule has 1 aliphatic heterocycles. The normalized spacial score (nSPS) is 14.3. The van der Waals surface area contributed by atoms with Gasteiger partial charge in [0, 0.05) is 31.7 Å². The van der Waals surface area contributed by atoms with E-state index < -0.39 is 0 Å². The van der Waals surface area contributed by atoms with Gasteiger partial charge in [0.1, 0.15) is 0 Å². The minimum atomic E-state index is 0.102. The van der Waals surface area contributed by atoms with Crippen molar-refractivity contribution in [1.29, 1.82) is 0 Å². The van der Waals surface area contributed by atoms with E-state index in [1.165, 1.54) is 16.7 Å². The molecule has 0 aromatic heterocycles. The molecule has 0 atom stereocenters. The second-order valence-electron chi connectivity index (χ2n) is 6.10. The van der Waals surface area contributed by atoms with Gasteiger partial charge in [-0.1, -0.05) is 49.4 Å². The molecule has 1 aliphatic rings. The minimum Gasteiger partial charge on any atom is -0.326 e. The van der Waals surface area contributed by atoms with Gasteiger partial charge in [0.15, 0.2) is 0 Å². The maximum atomic E-state index is 12.2. The predicted molar refractivity (Wildman–Crippen MR) is 94.5 cm³/mol. The molecule has 3 nitrogen and oxygen atoms in total. The molecular formula is C20H24N2O. The number of nitrogens with zero attached hydrogens (tertiary/aromatic N) is 1. The van der Waals surface area contributed by atoms with Crippen LogP contribution < -0.4 is 5.32 Å². The number of benzene rings is 2. The zero-order chi connectivity index (χ0) is 16.1. The molecule has 1 heterocycles. The molecule has 1 N–H and O–H groups in total. The maximum Gasteiger partial charge on any atom is 0.225 e. The Bertz CT molecular complexity index is 681. The Hall–Kier alpha value is -2.13.